The Kier molecular flexibility index (Phi) is 2.54. The fraction of sp³-hybridized carbons (Fsp3) is 0.375. The fourth-order valence-corrected chi connectivity index (χ4v) is 0.794. The van der Waals surface area contributed by atoms with Crippen molar-refractivity contribution >= 4 is 0 Å². The standard InChI is InChI=1S/C8H10FNO/c1-2-8(11)7-4-3-6(9)5-10-7/h3-5,8,11H,2H2,1H3/t8-/m1/s1. The quantitative estimate of drug-likeness (QED) is 0.704. The first-order valence-corrected chi connectivity index (χ1v) is 3.53. The lowest BCUT2D eigenvalue weighted by atomic mass is 10.2. The Morgan fingerprint density at radius 3 is 2.82 bits per heavy atom. The second-order valence-electron chi connectivity index (χ2n) is 2.33. The molecular formula is C8H10FNO. The van der Waals surface area contributed by atoms with Crippen LogP contribution in [0.2, 0.25) is 0 Å². The third-order valence-corrected chi connectivity index (χ3v) is 1.48. The summed E-state index contributed by atoms with van der Waals surface area (Å²) < 4.78 is 12.3. The van der Waals surface area contributed by atoms with Crippen molar-refractivity contribution < 1.29 is 9.50 Å². The third kappa shape index (κ3) is 1.98. The molecule has 0 spiro atoms. The highest BCUT2D eigenvalue weighted by Crippen LogP contribution is 2.12. The molecule has 60 valence electrons. The maximum atomic E-state index is 12.3. The summed E-state index contributed by atoms with van der Waals surface area (Å²) >= 11 is 0. The molecule has 0 fully saturated rings. The van der Waals surface area contributed by atoms with E-state index in [-0.39, 0.29) is 5.82 Å². The fourth-order valence-electron chi connectivity index (χ4n) is 0.794. The molecule has 0 amide bonds. The third-order valence-electron chi connectivity index (χ3n) is 1.48. The molecule has 0 unspecified atom stereocenters. The number of hydrogen-bond acceptors (Lipinski definition) is 2. The van der Waals surface area contributed by atoms with Crippen molar-refractivity contribution in [3.05, 3.63) is 29.8 Å². The summed E-state index contributed by atoms with van der Waals surface area (Å²) in [5, 5.41) is 9.24. The Balaban J connectivity index is 2.81. The van der Waals surface area contributed by atoms with Crippen LogP contribution in [0.25, 0.3) is 0 Å². The SMILES string of the molecule is CC[C@@H](O)c1ccc(F)cn1. The van der Waals surface area contributed by atoms with Crippen molar-refractivity contribution in [2.24, 2.45) is 0 Å². The van der Waals surface area contributed by atoms with Gasteiger partial charge in [-0.2, -0.15) is 0 Å². The van der Waals surface area contributed by atoms with Gasteiger partial charge in [0.1, 0.15) is 5.82 Å². The zero-order valence-corrected chi connectivity index (χ0v) is 6.29. The molecule has 1 atom stereocenters. The van der Waals surface area contributed by atoms with Gasteiger partial charge in [-0.05, 0) is 18.6 Å². The van der Waals surface area contributed by atoms with Crippen molar-refractivity contribution in [2.45, 2.75) is 19.4 Å². The summed E-state index contributed by atoms with van der Waals surface area (Å²) in [6.45, 7) is 1.84. The summed E-state index contributed by atoms with van der Waals surface area (Å²) in [4.78, 5) is 3.72. The minimum atomic E-state index is -0.574. The normalized spacial score (nSPS) is 13.0. The molecule has 3 heteroatoms. The average Bonchev–Trinajstić information content (AvgIpc) is 2.05. The molecule has 1 rings (SSSR count). The molecule has 0 saturated carbocycles. The number of hydrogen-bond donors (Lipinski definition) is 1. The van der Waals surface area contributed by atoms with Crippen LogP contribution in [0.3, 0.4) is 0 Å². The van der Waals surface area contributed by atoms with Gasteiger partial charge in [0.2, 0.25) is 0 Å². The molecule has 0 aliphatic heterocycles. The lowest BCUT2D eigenvalue weighted by Crippen LogP contribution is -1.98. The van der Waals surface area contributed by atoms with E-state index in [1.54, 1.807) is 0 Å². The average molecular weight is 155 g/mol. The molecule has 0 radical (unpaired) electrons. The van der Waals surface area contributed by atoms with Crippen LogP contribution in [0.4, 0.5) is 4.39 Å². The number of rotatable bonds is 2. The lowest BCUT2D eigenvalue weighted by molar-refractivity contribution is 0.168. The molecule has 2 nitrogen and oxygen atoms in total. The van der Waals surface area contributed by atoms with E-state index in [0.717, 1.165) is 6.20 Å². The zero-order chi connectivity index (χ0) is 8.27. The van der Waals surface area contributed by atoms with Crippen molar-refractivity contribution in [1.29, 1.82) is 0 Å². The van der Waals surface area contributed by atoms with Gasteiger partial charge in [0.25, 0.3) is 0 Å². The van der Waals surface area contributed by atoms with Gasteiger partial charge in [-0.15, -0.1) is 0 Å². The van der Waals surface area contributed by atoms with Crippen LogP contribution in [-0.2, 0) is 0 Å². The summed E-state index contributed by atoms with van der Waals surface area (Å²) in [6.07, 6.45) is 1.13. The first kappa shape index (κ1) is 8.14. The Labute approximate surface area is 64.7 Å². The topological polar surface area (TPSA) is 33.1 Å². The number of aromatic nitrogens is 1. The molecule has 0 aliphatic rings. The van der Waals surface area contributed by atoms with Gasteiger partial charge < -0.3 is 5.11 Å². The number of pyridine rings is 1. The molecule has 11 heavy (non-hydrogen) atoms. The monoisotopic (exact) mass is 155 g/mol. The van der Waals surface area contributed by atoms with Crippen molar-refractivity contribution in [3.63, 3.8) is 0 Å². The number of aliphatic hydroxyl groups excluding tert-OH is 1. The lowest BCUT2D eigenvalue weighted by Gasteiger charge is -2.04. The number of halogens is 1. The minimum absolute atomic E-state index is 0.378. The molecule has 1 aromatic heterocycles. The van der Waals surface area contributed by atoms with Gasteiger partial charge in [-0.1, -0.05) is 6.92 Å². The molecule has 1 aromatic rings. The van der Waals surface area contributed by atoms with E-state index >= 15 is 0 Å². The Morgan fingerprint density at radius 1 is 1.64 bits per heavy atom. The molecule has 1 heterocycles. The van der Waals surface area contributed by atoms with Crippen molar-refractivity contribution in [3.8, 4) is 0 Å². The van der Waals surface area contributed by atoms with Crippen LogP contribution in [0.5, 0.6) is 0 Å². The van der Waals surface area contributed by atoms with E-state index in [2.05, 4.69) is 4.98 Å². The van der Waals surface area contributed by atoms with Crippen LogP contribution in [0.15, 0.2) is 18.3 Å². The van der Waals surface area contributed by atoms with Crippen molar-refractivity contribution in [2.75, 3.05) is 0 Å². The van der Waals surface area contributed by atoms with Gasteiger partial charge in [-0.3, -0.25) is 4.98 Å². The largest absolute Gasteiger partial charge is 0.387 e. The molecule has 0 bridgehead atoms. The van der Waals surface area contributed by atoms with Gasteiger partial charge in [-0.25, -0.2) is 4.39 Å². The van der Waals surface area contributed by atoms with Crippen molar-refractivity contribution in [1.82, 2.24) is 4.98 Å². The molecular weight excluding hydrogens is 145 g/mol. The summed E-state index contributed by atoms with van der Waals surface area (Å²) in [6, 6.07) is 2.78. The highest BCUT2D eigenvalue weighted by atomic mass is 19.1. The first-order chi connectivity index (χ1) is 5.24. The second-order valence-corrected chi connectivity index (χ2v) is 2.33. The molecule has 0 aromatic carbocycles. The maximum absolute atomic E-state index is 12.3. The van der Waals surface area contributed by atoms with E-state index in [4.69, 9.17) is 0 Å². The van der Waals surface area contributed by atoms with Crippen LogP contribution < -0.4 is 0 Å². The number of aliphatic hydroxyl groups is 1. The van der Waals surface area contributed by atoms with E-state index in [1.807, 2.05) is 6.92 Å². The minimum Gasteiger partial charge on any atom is -0.387 e. The second kappa shape index (κ2) is 3.44. The van der Waals surface area contributed by atoms with Gasteiger partial charge in [0.15, 0.2) is 0 Å². The van der Waals surface area contributed by atoms with Crippen LogP contribution in [0.1, 0.15) is 25.1 Å². The summed E-state index contributed by atoms with van der Waals surface area (Å²) in [5.74, 6) is -0.378. The molecule has 0 aliphatic carbocycles. The predicted octanol–water partition coefficient (Wildman–Crippen LogP) is 1.66. The maximum Gasteiger partial charge on any atom is 0.141 e. The van der Waals surface area contributed by atoms with E-state index in [0.29, 0.717) is 12.1 Å². The number of nitrogens with zero attached hydrogens (tertiary/aromatic N) is 1. The Bertz CT molecular complexity index is 222. The zero-order valence-electron chi connectivity index (χ0n) is 6.29. The Hall–Kier alpha value is -0.960. The highest BCUT2D eigenvalue weighted by molar-refractivity contribution is 5.07. The smallest absolute Gasteiger partial charge is 0.141 e. The van der Waals surface area contributed by atoms with Gasteiger partial charge >= 0.3 is 0 Å². The predicted molar refractivity (Wildman–Crippen MR) is 39.4 cm³/mol. The molecule has 1 N–H and O–H groups in total. The Morgan fingerprint density at radius 2 is 2.36 bits per heavy atom. The van der Waals surface area contributed by atoms with E-state index in [9.17, 15) is 9.50 Å². The van der Waals surface area contributed by atoms with Crippen LogP contribution in [0, 0.1) is 5.82 Å². The van der Waals surface area contributed by atoms with Crippen LogP contribution in [-0.4, -0.2) is 10.1 Å². The van der Waals surface area contributed by atoms with E-state index in [1.165, 1.54) is 12.1 Å². The summed E-state index contributed by atoms with van der Waals surface area (Å²) in [7, 11) is 0. The van der Waals surface area contributed by atoms with Gasteiger partial charge in [0.05, 0.1) is 18.0 Å². The summed E-state index contributed by atoms with van der Waals surface area (Å²) in [5.41, 5.74) is 0.522. The van der Waals surface area contributed by atoms with Crippen LogP contribution >= 0.6 is 0 Å². The molecule has 0 saturated heterocycles. The highest BCUT2D eigenvalue weighted by Gasteiger charge is 2.04. The van der Waals surface area contributed by atoms with Gasteiger partial charge in [0, 0.05) is 0 Å². The van der Waals surface area contributed by atoms with E-state index < -0.39 is 6.10 Å². The first-order valence-electron chi connectivity index (χ1n) is 3.53.